The molecule has 0 radical (unpaired) electrons. The summed E-state index contributed by atoms with van der Waals surface area (Å²) in [6, 6.07) is 11.0. The lowest BCUT2D eigenvalue weighted by Gasteiger charge is -2.30. The molecule has 1 aromatic heterocycles. The number of para-hydroxylation sites is 2. The van der Waals surface area contributed by atoms with E-state index in [1.165, 1.54) is 0 Å². The minimum Gasteiger partial charge on any atom is -0.441 e. The SMILES string of the molecule is O=C(Nc1ccccc1NC(=O)C1=CCCC1)OC(c1ccncc1)C1CCNCC1. The standard InChI is InChI=1S/C24H28N4O3/c29-23(19-5-1-2-6-19)27-20-7-3-4-8-21(20)28-24(30)31-22(17-9-13-25-14-10-17)18-11-15-26-16-12-18/h3-5,7-10,13-14,18,22,26H,1-2,6,11-12,15-16H2,(H,27,29)(H,28,30). The van der Waals surface area contributed by atoms with Crippen LogP contribution in [0.15, 0.2) is 60.4 Å². The zero-order valence-corrected chi connectivity index (χ0v) is 17.5. The predicted molar refractivity (Wildman–Crippen MR) is 120 cm³/mol. The van der Waals surface area contributed by atoms with Gasteiger partial charge in [0.25, 0.3) is 5.91 Å². The van der Waals surface area contributed by atoms with Crippen molar-refractivity contribution >= 4 is 23.4 Å². The van der Waals surface area contributed by atoms with Gasteiger partial charge >= 0.3 is 6.09 Å². The third kappa shape index (κ3) is 5.49. The van der Waals surface area contributed by atoms with Crippen LogP contribution in [0.25, 0.3) is 0 Å². The predicted octanol–water partition coefficient (Wildman–Crippen LogP) is 4.42. The van der Waals surface area contributed by atoms with Gasteiger partial charge in [0.1, 0.15) is 6.10 Å². The molecule has 2 heterocycles. The topological polar surface area (TPSA) is 92.4 Å². The van der Waals surface area contributed by atoms with Crippen LogP contribution in [-0.4, -0.2) is 30.1 Å². The maximum absolute atomic E-state index is 12.8. The van der Waals surface area contributed by atoms with Crippen molar-refractivity contribution in [1.82, 2.24) is 10.3 Å². The van der Waals surface area contributed by atoms with Crippen molar-refractivity contribution in [3.8, 4) is 0 Å². The van der Waals surface area contributed by atoms with Crippen molar-refractivity contribution in [2.24, 2.45) is 5.92 Å². The van der Waals surface area contributed by atoms with Gasteiger partial charge in [-0.15, -0.1) is 0 Å². The Kier molecular flexibility index (Phi) is 6.94. The number of benzene rings is 1. The molecule has 0 saturated carbocycles. The smallest absolute Gasteiger partial charge is 0.412 e. The minimum atomic E-state index is -0.540. The first-order valence-corrected chi connectivity index (χ1v) is 10.9. The van der Waals surface area contributed by atoms with Gasteiger partial charge in [0.2, 0.25) is 0 Å². The third-order valence-electron chi connectivity index (χ3n) is 5.83. The molecule has 3 N–H and O–H groups in total. The van der Waals surface area contributed by atoms with Gasteiger partial charge in [0.15, 0.2) is 0 Å². The van der Waals surface area contributed by atoms with Crippen LogP contribution in [0.5, 0.6) is 0 Å². The van der Waals surface area contributed by atoms with Gasteiger partial charge in [-0.25, -0.2) is 4.79 Å². The average Bonchev–Trinajstić information content (AvgIpc) is 3.35. The fourth-order valence-corrected chi connectivity index (χ4v) is 4.17. The molecule has 1 unspecified atom stereocenters. The fraction of sp³-hybridized carbons (Fsp3) is 0.375. The molecule has 4 rings (SSSR count). The molecule has 2 aromatic rings. The Morgan fingerprint density at radius 2 is 1.74 bits per heavy atom. The quantitative estimate of drug-likeness (QED) is 0.643. The highest BCUT2D eigenvalue weighted by atomic mass is 16.6. The summed E-state index contributed by atoms with van der Waals surface area (Å²) in [5.41, 5.74) is 2.80. The molecule has 2 aliphatic rings. The number of nitrogens with one attached hydrogen (secondary N) is 3. The number of allylic oxidation sites excluding steroid dienone is 1. The van der Waals surface area contributed by atoms with Crippen LogP contribution in [-0.2, 0) is 9.53 Å². The van der Waals surface area contributed by atoms with Gasteiger partial charge in [-0.05, 0) is 75.0 Å². The number of nitrogens with zero attached hydrogens (tertiary/aromatic N) is 1. The van der Waals surface area contributed by atoms with Gasteiger partial charge in [0.05, 0.1) is 11.4 Å². The van der Waals surface area contributed by atoms with Crippen molar-refractivity contribution in [3.63, 3.8) is 0 Å². The molecule has 1 aromatic carbocycles. The van der Waals surface area contributed by atoms with E-state index in [1.807, 2.05) is 30.3 Å². The number of carbonyl (C=O) groups is 2. The van der Waals surface area contributed by atoms with E-state index in [9.17, 15) is 9.59 Å². The number of carbonyl (C=O) groups excluding carboxylic acids is 2. The first-order chi connectivity index (χ1) is 15.2. The molecule has 1 aliphatic carbocycles. The fourth-order valence-electron chi connectivity index (χ4n) is 4.17. The molecule has 31 heavy (non-hydrogen) atoms. The molecule has 1 aliphatic heterocycles. The maximum Gasteiger partial charge on any atom is 0.412 e. The molecule has 1 fully saturated rings. The number of hydrogen-bond donors (Lipinski definition) is 3. The zero-order valence-electron chi connectivity index (χ0n) is 17.5. The number of ether oxygens (including phenoxy) is 1. The van der Waals surface area contributed by atoms with E-state index in [2.05, 4.69) is 20.9 Å². The molecule has 0 spiro atoms. The number of aromatic nitrogens is 1. The lowest BCUT2D eigenvalue weighted by Crippen LogP contribution is -2.33. The molecule has 1 atom stereocenters. The van der Waals surface area contributed by atoms with Crippen molar-refractivity contribution in [3.05, 3.63) is 66.0 Å². The summed E-state index contributed by atoms with van der Waals surface area (Å²) in [7, 11) is 0. The van der Waals surface area contributed by atoms with Crippen molar-refractivity contribution in [1.29, 1.82) is 0 Å². The van der Waals surface area contributed by atoms with E-state index in [4.69, 9.17) is 4.74 Å². The Balaban J connectivity index is 1.46. The van der Waals surface area contributed by atoms with E-state index in [1.54, 1.807) is 24.5 Å². The lowest BCUT2D eigenvalue weighted by atomic mass is 9.88. The Bertz CT molecular complexity index is 939. The third-order valence-corrected chi connectivity index (χ3v) is 5.83. The van der Waals surface area contributed by atoms with Crippen LogP contribution in [0, 0.1) is 5.92 Å². The summed E-state index contributed by atoms with van der Waals surface area (Å²) >= 11 is 0. The van der Waals surface area contributed by atoms with Gasteiger partial charge in [-0.2, -0.15) is 0 Å². The van der Waals surface area contributed by atoms with Crippen molar-refractivity contribution in [2.45, 2.75) is 38.2 Å². The summed E-state index contributed by atoms with van der Waals surface area (Å²) in [6.45, 7) is 1.81. The van der Waals surface area contributed by atoms with Crippen LogP contribution >= 0.6 is 0 Å². The highest BCUT2D eigenvalue weighted by molar-refractivity contribution is 6.06. The lowest BCUT2D eigenvalue weighted by molar-refractivity contribution is -0.112. The monoisotopic (exact) mass is 420 g/mol. The molecule has 0 bridgehead atoms. The number of hydrogen-bond acceptors (Lipinski definition) is 5. The van der Waals surface area contributed by atoms with Gasteiger partial charge in [0, 0.05) is 23.9 Å². The van der Waals surface area contributed by atoms with Crippen LogP contribution in [0.2, 0.25) is 0 Å². The van der Waals surface area contributed by atoms with E-state index >= 15 is 0 Å². The second kappa shape index (κ2) is 10.2. The molecule has 7 heteroatoms. The first kappa shape index (κ1) is 21.1. The Labute approximate surface area is 182 Å². The van der Waals surface area contributed by atoms with Crippen LogP contribution in [0.3, 0.4) is 0 Å². The molecule has 7 nitrogen and oxygen atoms in total. The maximum atomic E-state index is 12.8. The van der Waals surface area contributed by atoms with E-state index in [0.29, 0.717) is 11.4 Å². The second-order valence-electron chi connectivity index (χ2n) is 7.94. The van der Waals surface area contributed by atoms with Gasteiger partial charge < -0.3 is 15.4 Å². The first-order valence-electron chi connectivity index (χ1n) is 10.9. The second-order valence-corrected chi connectivity index (χ2v) is 7.94. The van der Waals surface area contributed by atoms with E-state index in [0.717, 1.165) is 56.3 Å². The Morgan fingerprint density at radius 3 is 2.42 bits per heavy atom. The summed E-state index contributed by atoms with van der Waals surface area (Å²) in [5, 5.41) is 9.08. The molecular weight excluding hydrogens is 392 g/mol. The Hall–Kier alpha value is -3.19. The normalized spacial score (nSPS) is 17.5. The summed E-state index contributed by atoms with van der Waals surface area (Å²) in [5.74, 6) is 0.114. The number of rotatable bonds is 6. The minimum absolute atomic E-state index is 0.121. The zero-order chi connectivity index (χ0) is 21.5. The molecule has 1 saturated heterocycles. The average molecular weight is 421 g/mol. The molecule has 162 valence electrons. The molecule has 2 amide bonds. The van der Waals surface area contributed by atoms with Gasteiger partial charge in [-0.1, -0.05) is 18.2 Å². The van der Waals surface area contributed by atoms with Crippen LogP contribution in [0.4, 0.5) is 16.2 Å². The van der Waals surface area contributed by atoms with Crippen molar-refractivity contribution in [2.75, 3.05) is 23.7 Å². The summed E-state index contributed by atoms with van der Waals surface area (Å²) in [6.07, 6.45) is 9.09. The highest BCUT2D eigenvalue weighted by Crippen LogP contribution is 2.33. The number of anilines is 2. The largest absolute Gasteiger partial charge is 0.441 e. The Morgan fingerprint density at radius 1 is 1.03 bits per heavy atom. The van der Waals surface area contributed by atoms with Crippen LogP contribution < -0.4 is 16.0 Å². The highest BCUT2D eigenvalue weighted by Gasteiger charge is 2.28. The van der Waals surface area contributed by atoms with E-state index < -0.39 is 6.09 Å². The summed E-state index contributed by atoms with van der Waals surface area (Å²) < 4.78 is 5.91. The van der Waals surface area contributed by atoms with E-state index in [-0.39, 0.29) is 17.9 Å². The summed E-state index contributed by atoms with van der Waals surface area (Å²) in [4.78, 5) is 29.4. The van der Waals surface area contributed by atoms with Crippen LogP contribution in [0.1, 0.15) is 43.8 Å². The number of amides is 2. The molecular formula is C24H28N4O3. The van der Waals surface area contributed by atoms with Gasteiger partial charge in [-0.3, -0.25) is 15.1 Å². The number of piperidine rings is 1. The number of pyridine rings is 1. The van der Waals surface area contributed by atoms with Crippen molar-refractivity contribution < 1.29 is 14.3 Å².